The van der Waals surface area contributed by atoms with Gasteiger partial charge in [0, 0.05) is 31.1 Å². The first-order chi connectivity index (χ1) is 11.5. The van der Waals surface area contributed by atoms with Crippen molar-refractivity contribution in [2.75, 3.05) is 7.05 Å². The molecule has 3 aliphatic rings. The highest BCUT2D eigenvalue weighted by molar-refractivity contribution is 5.83. The second-order valence-electron chi connectivity index (χ2n) is 8.48. The molecule has 2 aliphatic heterocycles. The second-order valence-corrected chi connectivity index (χ2v) is 8.48. The largest absolute Gasteiger partial charge is 0.342 e. The van der Waals surface area contributed by atoms with E-state index in [1.165, 1.54) is 24.0 Å². The number of hydrogen-bond donors (Lipinski definition) is 1. The number of carbonyl (C=O) groups is 1. The number of amides is 1. The van der Waals surface area contributed by atoms with Crippen LogP contribution in [0.25, 0.3) is 0 Å². The third-order valence-corrected chi connectivity index (χ3v) is 6.48. The average molecular weight is 326 g/mol. The van der Waals surface area contributed by atoms with E-state index in [1.54, 1.807) is 0 Å². The highest BCUT2D eigenvalue weighted by Gasteiger charge is 2.47. The number of hydrogen-bond acceptors (Lipinski definition) is 2. The Morgan fingerprint density at radius 3 is 2.29 bits per heavy atom. The zero-order valence-corrected chi connectivity index (χ0v) is 15.2. The molecule has 24 heavy (non-hydrogen) atoms. The fraction of sp³-hybridized carbons (Fsp3) is 0.667. The van der Waals surface area contributed by atoms with Crippen molar-refractivity contribution >= 4 is 5.91 Å². The molecule has 2 bridgehead atoms. The lowest BCUT2D eigenvalue weighted by molar-refractivity contribution is -0.134. The highest BCUT2D eigenvalue weighted by Crippen LogP contribution is 2.49. The summed E-state index contributed by atoms with van der Waals surface area (Å²) in [4.78, 5) is 15.0. The van der Waals surface area contributed by atoms with Gasteiger partial charge >= 0.3 is 0 Å². The molecular formula is C21H30N2O. The van der Waals surface area contributed by atoms with Crippen molar-refractivity contribution in [3.05, 3.63) is 35.4 Å². The lowest BCUT2D eigenvalue weighted by Crippen LogP contribution is -2.49. The van der Waals surface area contributed by atoms with Crippen LogP contribution >= 0.6 is 0 Å². The predicted octanol–water partition coefficient (Wildman–Crippen LogP) is 3.65. The molecule has 2 saturated heterocycles. The van der Waals surface area contributed by atoms with Crippen molar-refractivity contribution < 1.29 is 4.79 Å². The van der Waals surface area contributed by atoms with Gasteiger partial charge in [-0.25, -0.2) is 0 Å². The van der Waals surface area contributed by atoms with Gasteiger partial charge in [-0.3, -0.25) is 4.79 Å². The molecule has 1 amide bonds. The van der Waals surface area contributed by atoms with Crippen LogP contribution in [-0.2, 0) is 4.79 Å². The zero-order chi connectivity index (χ0) is 16.8. The van der Waals surface area contributed by atoms with Gasteiger partial charge < -0.3 is 10.2 Å². The molecule has 1 saturated carbocycles. The Bertz CT molecular complexity index is 597. The molecule has 130 valence electrons. The van der Waals surface area contributed by atoms with Crippen LogP contribution < -0.4 is 5.32 Å². The number of fused-ring (bicyclic) bond motifs is 2. The molecule has 1 aromatic carbocycles. The minimum absolute atomic E-state index is 0.215. The molecule has 4 unspecified atom stereocenters. The Kier molecular flexibility index (Phi) is 4.16. The van der Waals surface area contributed by atoms with Crippen LogP contribution in [0.4, 0.5) is 0 Å². The monoisotopic (exact) mass is 326 g/mol. The average Bonchev–Trinajstić information content (AvgIpc) is 3.32. The number of benzene rings is 1. The second kappa shape index (κ2) is 6.18. The summed E-state index contributed by atoms with van der Waals surface area (Å²) >= 11 is 0. The normalized spacial score (nSPS) is 34.4. The maximum Gasteiger partial charge on any atom is 0.226 e. The van der Waals surface area contributed by atoms with Crippen molar-refractivity contribution in [3.63, 3.8) is 0 Å². The molecule has 3 nitrogen and oxygen atoms in total. The lowest BCUT2D eigenvalue weighted by atomic mass is 9.97. The van der Waals surface area contributed by atoms with Crippen molar-refractivity contribution in [1.29, 1.82) is 0 Å². The van der Waals surface area contributed by atoms with Crippen molar-refractivity contribution in [3.8, 4) is 0 Å². The molecule has 1 N–H and O–H groups in total. The topological polar surface area (TPSA) is 32.3 Å². The molecule has 4 atom stereocenters. The van der Waals surface area contributed by atoms with Crippen LogP contribution in [0.15, 0.2) is 24.3 Å². The summed E-state index contributed by atoms with van der Waals surface area (Å²) in [7, 11) is 2.04. The van der Waals surface area contributed by atoms with Crippen LogP contribution in [-0.4, -0.2) is 36.0 Å². The fourth-order valence-corrected chi connectivity index (χ4v) is 4.75. The van der Waals surface area contributed by atoms with E-state index < -0.39 is 0 Å². The van der Waals surface area contributed by atoms with Gasteiger partial charge in [0.1, 0.15) is 0 Å². The smallest absolute Gasteiger partial charge is 0.226 e. The third kappa shape index (κ3) is 2.99. The zero-order valence-electron chi connectivity index (χ0n) is 15.2. The summed E-state index contributed by atoms with van der Waals surface area (Å²) in [5.74, 6) is 1.60. The lowest BCUT2D eigenvalue weighted by Gasteiger charge is -2.35. The summed E-state index contributed by atoms with van der Waals surface area (Å²) in [6.45, 7) is 4.44. The number of nitrogens with zero attached hydrogens (tertiary/aromatic N) is 1. The summed E-state index contributed by atoms with van der Waals surface area (Å²) < 4.78 is 0. The summed E-state index contributed by atoms with van der Waals surface area (Å²) in [5.41, 5.74) is 2.72. The molecule has 4 rings (SSSR count). The van der Waals surface area contributed by atoms with E-state index in [2.05, 4.69) is 48.3 Å². The van der Waals surface area contributed by atoms with E-state index in [-0.39, 0.29) is 5.92 Å². The van der Waals surface area contributed by atoms with Gasteiger partial charge in [0.25, 0.3) is 0 Å². The van der Waals surface area contributed by atoms with Crippen molar-refractivity contribution in [2.45, 2.75) is 75.9 Å². The Morgan fingerprint density at radius 2 is 1.71 bits per heavy atom. The van der Waals surface area contributed by atoms with Crippen molar-refractivity contribution in [1.82, 2.24) is 10.2 Å². The van der Waals surface area contributed by atoms with Gasteiger partial charge in [-0.1, -0.05) is 38.1 Å². The summed E-state index contributed by atoms with van der Waals surface area (Å²) in [5, 5.41) is 3.67. The molecule has 0 radical (unpaired) electrons. The van der Waals surface area contributed by atoms with E-state index >= 15 is 0 Å². The van der Waals surface area contributed by atoms with Crippen LogP contribution in [0, 0.1) is 5.92 Å². The van der Waals surface area contributed by atoms with Gasteiger partial charge in [0.15, 0.2) is 0 Å². The quantitative estimate of drug-likeness (QED) is 0.916. The fourth-order valence-electron chi connectivity index (χ4n) is 4.75. The molecular weight excluding hydrogens is 296 g/mol. The van der Waals surface area contributed by atoms with Gasteiger partial charge in [0.2, 0.25) is 5.91 Å². The van der Waals surface area contributed by atoms with E-state index in [4.69, 9.17) is 0 Å². The minimum Gasteiger partial charge on any atom is -0.342 e. The molecule has 2 heterocycles. The first-order valence-electron chi connectivity index (χ1n) is 9.65. The van der Waals surface area contributed by atoms with E-state index in [1.807, 2.05) is 7.05 Å². The van der Waals surface area contributed by atoms with Crippen LogP contribution in [0.3, 0.4) is 0 Å². The summed E-state index contributed by atoms with van der Waals surface area (Å²) in [6.07, 6.45) is 5.88. The number of rotatable bonds is 4. The minimum atomic E-state index is 0.215. The number of nitrogens with one attached hydrogen (secondary N) is 1. The Balaban J connectivity index is 1.37. The first kappa shape index (κ1) is 16.1. The van der Waals surface area contributed by atoms with Crippen LogP contribution in [0.2, 0.25) is 0 Å². The molecule has 1 aliphatic carbocycles. The third-order valence-electron chi connectivity index (χ3n) is 6.48. The van der Waals surface area contributed by atoms with E-state index in [9.17, 15) is 4.79 Å². The maximum absolute atomic E-state index is 12.9. The van der Waals surface area contributed by atoms with Gasteiger partial charge in [-0.2, -0.15) is 0 Å². The molecule has 1 aromatic rings. The SMILES string of the molecule is CC(C)c1ccc(C2CC2C(=O)N(C)C2CC3CCC(C2)N3)cc1. The van der Waals surface area contributed by atoms with Gasteiger partial charge in [0.05, 0.1) is 0 Å². The maximum atomic E-state index is 12.9. The molecule has 3 heteroatoms. The van der Waals surface area contributed by atoms with Crippen LogP contribution in [0.1, 0.15) is 68.9 Å². The Labute approximate surface area is 145 Å². The van der Waals surface area contributed by atoms with Crippen molar-refractivity contribution in [2.24, 2.45) is 5.92 Å². The highest BCUT2D eigenvalue weighted by atomic mass is 16.2. The first-order valence-corrected chi connectivity index (χ1v) is 9.65. The number of carbonyl (C=O) groups excluding carboxylic acids is 1. The Morgan fingerprint density at radius 1 is 1.08 bits per heavy atom. The predicted molar refractivity (Wildman–Crippen MR) is 97.1 cm³/mol. The summed E-state index contributed by atoms with van der Waals surface area (Å²) in [6, 6.07) is 10.7. The standard InChI is InChI=1S/C21H30N2O/c1-13(2)14-4-6-15(7-5-14)19-12-20(19)21(24)23(3)18-10-16-8-9-17(11-18)22-16/h4-7,13,16-20,22H,8-12H2,1-3H3. The van der Waals surface area contributed by atoms with E-state index in [0.29, 0.717) is 35.9 Å². The Hall–Kier alpha value is -1.35. The van der Waals surface area contributed by atoms with Gasteiger partial charge in [-0.15, -0.1) is 0 Å². The molecule has 3 fully saturated rings. The van der Waals surface area contributed by atoms with E-state index in [0.717, 1.165) is 19.3 Å². The number of piperidine rings is 1. The van der Waals surface area contributed by atoms with Gasteiger partial charge in [-0.05, 0) is 55.1 Å². The molecule has 0 aromatic heterocycles. The molecule has 0 spiro atoms. The van der Waals surface area contributed by atoms with Crippen LogP contribution in [0.5, 0.6) is 0 Å².